The minimum atomic E-state index is -0.406. The topological polar surface area (TPSA) is 24.7 Å². The number of aliphatic hydroxyl groups excluding tert-OH is 1. The van der Waals surface area contributed by atoms with Crippen molar-refractivity contribution in [2.45, 2.75) is 6.23 Å². The highest BCUT2D eigenvalue weighted by atomic mass is 35.5. The van der Waals surface area contributed by atoms with Crippen LogP contribution in [0.3, 0.4) is 0 Å². The lowest BCUT2D eigenvalue weighted by atomic mass is 10.2. The summed E-state index contributed by atoms with van der Waals surface area (Å²) in [7, 11) is 3.86. The molecule has 0 radical (unpaired) electrons. The van der Waals surface area contributed by atoms with E-state index < -0.39 is 6.23 Å². The molecule has 0 bridgehead atoms. The van der Waals surface area contributed by atoms with Gasteiger partial charge in [-0.1, -0.05) is 30.3 Å². The highest BCUT2D eigenvalue weighted by molar-refractivity contribution is 5.15. The van der Waals surface area contributed by atoms with Crippen molar-refractivity contribution in [2.24, 2.45) is 0 Å². The number of quaternary nitrogens is 1. The van der Waals surface area contributed by atoms with E-state index in [0.717, 1.165) is 10.5 Å². The predicted octanol–water partition coefficient (Wildman–Crippen LogP) is -3.17. The van der Waals surface area contributed by atoms with Crippen LogP contribution in [0.1, 0.15) is 11.8 Å². The van der Waals surface area contributed by atoms with Gasteiger partial charge < -0.3 is 22.4 Å². The Bertz CT molecular complexity index is 213. The van der Waals surface area contributed by atoms with E-state index in [1.165, 1.54) is 0 Å². The number of benzene rings is 1. The SMILES string of the molecule is C[NH+](C)C(O)c1ccccc1.[Cl-]. The fraction of sp³-hybridized carbons (Fsp3) is 0.333. The van der Waals surface area contributed by atoms with Crippen LogP contribution in [-0.4, -0.2) is 19.2 Å². The molecule has 0 saturated heterocycles. The van der Waals surface area contributed by atoms with Gasteiger partial charge in [0.2, 0.25) is 6.23 Å². The molecule has 2 N–H and O–H groups in total. The minimum absolute atomic E-state index is 0. The molecule has 1 unspecified atom stereocenters. The van der Waals surface area contributed by atoms with E-state index >= 15 is 0 Å². The number of nitrogens with one attached hydrogen (secondary N) is 1. The molecule has 0 spiro atoms. The van der Waals surface area contributed by atoms with Gasteiger partial charge >= 0.3 is 0 Å². The molecule has 0 fully saturated rings. The van der Waals surface area contributed by atoms with Crippen molar-refractivity contribution < 1.29 is 22.4 Å². The first-order valence-electron chi connectivity index (χ1n) is 3.75. The van der Waals surface area contributed by atoms with E-state index in [1.807, 2.05) is 44.4 Å². The molecule has 0 aliphatic heterocycles. The fourth-order valence-corrected chi connectivity index (χ4v) is 0.969. The molecule has 3 heteroatoms. The van der Waals surface area contributed by atoms with Gasteiger partial charge in [0.1, 0.15) is 0 Å². The summed E-state index contributed by atoms with van der Waals surface area (Å²) in [6.45, 7) is 0. The molecule has 2 nitrogen and oxygen atoms in total. The predicted molar refractivity (Wildman–Crippen MR) is 44.2 cm³/mol. The summed E-state index contributed by atoms with van der Waals surface area (Å²) < 4.78 is 0. The van der Waals surface area contributed by atoms with Gasteiger partial charge in [-0.2, -0.15) is 0 Å². The van der Waals surface area contributed by atoms with Crippen LogP contribution in [0.4, 0.5) is 0 Å². The first-order chi connectivity index (χ1) is 5.22. The standard InChI is InChI=1S/C9H13NO.ClH/c1-10(2)9(11)8-6-4-3-5-7-8;/h3-7,9,11H,1-2H3;1H. The van der Waals surface area contributed by atoms with Crippen molar-refractivity contribution >= 4 is 0 Å². The number of halogens is 1. The number of aliphatic hydroxyl groups is 1. The Morgan fingerprint density at radius 2 is 1.67 bits per heavy atom. The Kier molecular flexibility index (Phi) is 4.90. The van der Waals surface area contributed by atoms with E-state index in [4.69, 9.17) is 0 Å². The van der Waals surface area contributed by atoms with Gasteiger partial charge in [-0.15, -0.1) is 0 Å². The zero-order chi connectivity index (χ0) is 8.27. The Morgan fingerprint density at radius 3 is 2.08 bits per heavy atom. The normalized spacial score (nSPS) is 12.3. The lowest BCUT2D eigenvalue weighted by molar-refractivity contribution is -0.917. The van der Waals surface area contributed by atoms with Crippen LogP contribution in [0.5, 0.6) is 0 Å². The summed E-state index contributed by atoms with van der Waals surface area (Å²) in [5.41, 5.74) is 0.965. The smallest absolute Gasteiger partial charge is 0.215 e. The Labute approximate surface area is 79.2 Å². The van der Waals surface area contributed by atoms with Crippen molar-refractivity contribution in [2.75, 3.05) is 14.1 Å². The summed E-state index contributed by atoms with van der Waals surface area (Å²) in [5, 5.41) is 9.56. The molecule has 0 aliphatic carbocycles. The van der Waals surface area contributed by atoms with Gasteiger partial charge in [-0.3, -0.25) is 0 Å². The molecule has 0 heterocycles. The molecule has 1 atom stereocenters. The number of hydrogen-bond acceptors (Lipinski definition) is 1. The molecule has 0 aromatic heterocycles. The van der Waals surface area contributed by atoms with Gasteiger partial charge in [0, 0.05) is 5.56 Å². The van der Waals surface area contributed by atoms with Crippen LogP contribution in [0.2, 0.25) is 0 Å². The lowest BCUT2D eigenvalue weighted by Crippen LogP contribution is -3.06. The molecule has 68 valence electrons. The largest absolute Gasteiger partial charge is 1.00 e. The maximum absolute atomic E-state index is 9.56. The summed E-state index contributed by atoms with van der Waals surface area (Å²) in [6, 6.07) is 9.67. The molecule has 1 aromatic carbocycles. The van der Waals surface area contributed by atoms with E-state index in [9.17, 15) is 5.11 Å². The maximum Gasteiger partial charge on any atom is 0.215 e. The third-order valence-electron chi connectivity index (χ3n) is 1.66. The van der Waals surface area contributed by atoms with Crippen LogP contribution >= 0.6 is 0 Å². The molecule has 0 aliphatic rings. The van der Waals surface area contributed by atoms with Crippen molar-refractivity contribution in [3.63, 3.8) is 0 Å². The molecular formula is C9H14ClNO. The Morgan fingerprint density at radius 1 is 1.17 bits per heavy atom. The molecule has 0 saturated carbocycles. The Balaban J connectivity index is 0.00000121. The van der Waals surface area contributed by atoms with Crippen LogP contribution in [0.15, 0.2) is 30.3 Å². The molecule has 1 rings (SSSR count). The van der Waals surface area contributed by atoms with E-state index in [0.29, 0.717) is 0 Å². The van der Waals surface area contributed by atoms with Crippen LogP contribution in [-0.2, 0) is 0 Å². The first kappa shape index (κ1) is 11.4. The second kappa shape index (κ2) is 5.14. The quantitative estimate of drug-likeness (QED) is 0.470. The van der Waals surface area contributed by atoms with Crippen molar-refractivity contribution in [1.82, 2.24) is 0 Å². The van der Waals surface area contributed by atoms with Crippen molar-refractivity contribution in [3.05, 3.63) is 35.9 Å². The monoisotopic (exact) mass is 187 g/mol. The zero-order valence-electron chi connectivity index (χ0n) is 7.29. The minimum Gasteiger partial charge on any atom is -1.00 e. The van der Waals surface area contributed by atoms with Crippen molar-refractivity contribution in [3.8, 4) is 0 Å². The van der Waals surface area contributed by atoms with Gasteiger partial charge in [-0.05, 0) is 0 Å². The van der Waals surface area contributed by atoms with Gasteiger partial charge in [0.25, 0.3) is 0 Å². The number of hydrogen-bond donors (Lipinski definition) is 2. The van der Waals surface area contributed by atoms with E-state index in [2.05, 4.69) is 0 Å². The summed E-state index contributed by atoms with van der Waals surface area (Å²) in [4.78, 5) is 1.02. The third kappa shape index (κ3) is 2.81. The van der Waals surface area contributed by atoms with Crippen LogP contribution in [0.25, 0.3) is 0 Å². The van der Waals surface area contributed by atoms with E-state index in [1.54, 1.807) is 0 Å². The van der Waals surface area contributed by atoms with Crippen LogP contribution in [0, 0.1) is 0 Å². The first-order valence-corrected chi connectivity index (χ1v) is 3.75. The molecular weight excluding hydrogens is 174 g/mol. The summed E-state index contributed by atoms with van der Waals surface area (Å²) in [5.74, 6) is 0. The average Bonchev–Trinajstić information content (AvgIpc) is 2.05. The fourth-order valence-electron chi connectivity index (χ4n) is 0.969. The van der Waals surface area contributed by atoms with E-state index in [-0.39, 0.29) is 12.4 Å². The number of rotatable bonds is 2. The summed E-state index contributed by atoms with van der Waals surface area (Å²) >= 11 is 0. The Hall–Kier alpha value is -0.570. The average molecular weight is 188 g/mol. The highest BCUT2D eigenvalue weighted by Gasteiger charge is 2.11. The van der Waals surface area contributed by atoms with Crippen molar-refractivity contribution in [1.29, 1.82) is 0 Å². The molecule has 12 heavy (non-hydrogen) atoms. The summed E-state index contributed by atoms with van der Waals surface area (Å²) in [6.07, 6.45) is -0.406. The van der Waals surface area contributed by atoms with Crippen LogP contribution < -0.4 is 17.3 Å². The zero-order valence-corrected chi connectivity index (χ0v) is 8.05. The highest BCUT2D eigenvalue weighted by Crippen LogP contribution is 2.04. The molecule has 0 amide bonds. The van der Waals surface area contributed by atoms with Gasteiger partial charge in [-0.25, -0.2) is 0 Å². The van der Waals surface area contributed by atoms with Gasteiger partial charge in [0.05, 0.1) is 14.1 Å². The van der Waals surface area contributed by atoms with Gasteiger partial charge in [0.15, 0.2) is 0 Å². The second-order valence-corrected chi connectivity index (χ2v) is 2.89. The second-order valence-electron chi connectivity index (χ2n) is 2.89. The maximum atomic E-state index is 9.56. The lowest BCUT2D eigenvalue weighted by Gasteiger charge is -2.14. The third-order valence-corrected chi connectivity index (χ3v) is 1.66. The molecule has 1 aromatic rings.